The zero-order valence-corrected chi connectivity index (χ0v) is 13.6. The molecule has 0 aliphatic carbocycles. The molecule has 0 atom stereocenters. The van der Waals surface area contributed by atoms with Crippen molar-refractivity contribution in [2.75, 3.05) is 16.8 Å². The van der Waals surface area contributed by atoms with Gasteiger partial charge in [-0.25, -0.2) is 4.79 Å². The number of hydrogen-bond acceptors (Lipinski definition) is 4. The van der Waals surface area contributed by atoms with Crippen molar-refractivity contribution in [3.05, 3.63) is 78.4 Å². The first-order valence-corrected chi connectivity index (χ1v) is 7.85. The second-order valence-electron chi connectivity index (χ2n) is 5.61. The van der Waals surface area contributed by atoms with Gasteiger partial charge in [-0.3, -0.25) is 5.32 Å². The number of benzene rings is 3. The van der Waals surface area contributed by atoms with E-state index in [9.17, 15) is 4.79 Å². The third kappa shape index (κ3) is 4.29. The van der Waals surface area contributed by atoms with Crippen LogP contribution < -0.4 is 16.8 Å². The number of nitrogen functional groups attached to an aromatic ring is 2. The number of hydrogen-bond donors (Lipinski definition) is 3. The van der Waals surface area contributed by atoms with E-state index in [0.29, 0.717) is 17.1 Å². The van der Waals surface area contributed by atoms with Gasteiger partial charge in [0.25, 0.3) is 0 Å². The van der Waals surface area contributed by atoms with Crippen molar-refractivity contribution >= 4 is 23.2 Å². The van der Waals surface area contributed by atoms with Crippen LogP contribution in [0.4, 0.5) is 21.9 Å². The van der Waals surface area contributed by atoms with Crippen LogP contribution >= 0.6 is 0 Å². The molecule has 0 aliphatic rings. The maximum atomic E-state index is 11.9. The SMILES string of the molecule is Nc1cccc(-c2ccc(NC(=O)OCc3ccccc3)cc2N)c1. The third-order valence-corrected chi connectivity index (χ3v) is 3.71. The first-order chi connectivity index (χ1) is 12.1. The van der Waals surface area contributed by atoms with Crippen LogP contribution in [-0.2, 0) is 11.3 Å². The number of rotatable bonds is 4. The van der Waals surface area contributed by atoms with Gasteiger partial charge < -0.3 is 16.2 Å². The number of amides is 1. The van der Waals surface area contributed by atoms with Gasteiger partial charge in [0.05, 0.1) is 0 Å². The molecular weight excluding hydrogens is 314 g/mol. The maximum absolute atomic E-state index is 11.9. The van der Waals surface area contributed by atoms with E-state index >= 15 is 0 Å². The van der Waals surface area contributed by atoms with Crippen molar-refractivity contribution < 1.29 is 9.53 Å². The lowest BCUT2D eigenvalue weighted by Crippen LogP contribution is -2.13. The number of nitrogens with two attached hydrogens (primary N) is 2. The Morgan fingerprint density at radius 2 is 1.72 bits per heavy atom. The Hall–Kier alpha value is -3.47. The molecule has 1 amide bonds. The van der Waals surface area contributed by atoms with E-state index < -0.39 is 6.09 Å². The Labute approximate surface area is 146 Å². The minimum absolute atomic E-state index is 0.212. The van der Waals surface area contributed by atoms with E-state index in [1.165, 1.54) is 0 Å². The molecule has 3 rings (SSSR count). The topological polar surface area (TPSA) is 90.4 Å². The fourth-order valence-electron chi connectivity index (χ4n) is 2.49. The first-order valence-electron chi connectivity index (χ1n) is 7.85. The average molecular weight is 333 g/mol. The summed E-state index contributed by atoms with van der Waals surface area (Å²) in [5.41, 5.74) is 16.4. The molecule has 25 heavy (non-hydrogen) atoms. The highest BCUT2D eigenvalue weighted by atomic mass is 16.5. The van der Waals surface area contributed by atoms with Gasteiger partial charge in [0.1, 0.15) is 6.61 Å². The molecule has 0 aliphatic heterocycles. The average Bonchev–Trinajstić information content (AvgIpc) is 2.61. The molecule has 0 unspecified atom stereocenters. The highest BCUT2D eigenvalue weighted by molar-refractivity contribution is 5.88. The van der Waals surface area contributed by atoms with E-state index in [-0.39, 0.29) is 6.61 Å². The normalized spacial score (nSPS) is 10.2. The summed E-state index contributed by atoms with van der Waals surface area (Å²) in [4.78, 5) is 11.9. The molecule has 0 bridgehead atoms. The van der Waals surface area contributed by atoms with Crippen LogP contribution in [0.25, 0.3) is 11.1 Å². The summed E-state index contributed by atoms with van der Waals surface area (Å²) in [6.45, 7) is 0.212. The summed E-state index contributed by atoms with van der Waals surface area (Å²) in [5.74, 6) is 0. The summed E-state index contributed by atoms with van der Waals surface area (Å²) >= 11 is 0. The first kappa shape index (κ1) is 16.4. The molecule has 5 N–H and O–H groups in total. The summed E-state index contributed by atoms with van der Waals surface area (Å²) in [6, 6.07) is 22.3. The Morgan fingerprint density at radius 3 is 2.44 bits per heavy atom. The fourth-order valence-corrected chi connectivity index (χ4v) is 2.49. The number of carbonyl (C=O) groups excluding carboxylic acids is 1. The lowest BCUT2D eigenvalue weighted by molar-refractivity contribution is 0.155. The smallest absolute Gasteiger partial charge is 0.411 e. The minimum Gasteiger partial charge on any atom is -0.444 e. The molecule has 5 nitrogen and oxygen atoms in total. The van der Waals surface area contributed by atoms with Crippen molar-refractivity contribution in [3.63, 3.8) is 0 Å². The quantitative estimate of drug-likeness (QED) is 0.622. The summed E-state index contributed by atoms with van der Waals surface area (Å²) in [6.07, 6.45) is -0.528. The van der Waals surface area contributed by atoms with E-state index in [1.54, 1.807) is 12.1 Å². The predicted octanol–water partition coefficient (Wildman–Crippen LogP) is 4.27. The third-order valence-electron chi connectivity index (χ3n) is 3.71. The fraction of sp³-hybridized carbons (Fsp3) is 0.0500. The van der Waals surface area contributed by atoms with Crippen LogP contribution in [0.3, 0.4) is 0 Å². The maximum Gasteiger partial charge on any atom is 0.411 e. The van der Waals surface area contributed by atoms with Crippen LogP contribution in [0.5, 0.6) is 0 Å². The molecule has 0 fully saturated rings. The largest absolute Gasteiger partial charge is 0.444 e. The molecule has 5 heteroatoms. The second kappa shape index (κ2) is 7.40. The van der Waals surface area contributed by atoms with Gasteiger partial charge in [-0.1, -0.05) is 48.5 Å². The van der Waals surface area contributed by atoms with Crippen LogP contribution in [0, 0.1) is 0 Å². The number of ether oxygens (including phenoxy) is 1. The summed E-state index contributed by atoms with van der Waals surface area (Å²) in [5, 5.41) is 2.68. The Balaban J connectivity index is 1.65. The number of carbonyl (C=O) groups is 1. The van der Waals surface area contributed by atoms with Crippen LogP contribution in [-0.4, -0.2) is 6.09 Å². The van der Waals surface area contributed by atoms with Gasteiger partial charge in [0, 0.05) is 22.6 Å². The van der Waals surface area contributed by atoms with Crippen molar-refractivity contribution in [1.29, 1.82) is 0 Å². The molecule has 0 saturated carbocycles. The minimum atomic E-state index is -0.528. The molecule has 3 aromatic carbocycles. The van der Waals surface area contributed by atoms with Crippen LogP contribution in [0.1, 0.15) is 5.56 Å². The Bertz CT molecular complexity index is 879. The Morgan fingerprint density at radius 1 is 0.920 bits per heavy atom. The molecule has 0 aromatic heterocycles. The molecule has 0 spiro atoms. The molecule has 0 heterocycles. The highest BCUT2D eigenvalue weighted by Gasteiger charge is 2.08. The number of nitrogens with one attached hydrogen (secondary N) is 1. The van der Waals surface area contributed by atoms with Crippen LogP contribution in [0.15, 0.2) is 72.8 Å². The van der Waals surface area contributed by atoms with Crippen LogP contribution in [0.2, 0.25) is 0 Å². The number of anilines is 3. The molecule has 0 radical (unpaired) electrons. The lowest BCUT2D eigenvalue weighted by atomic mass is 10.0. The van der Waals surface area contributed by atoms with E-state index in [2.05, 4.69) is 5.32 Å². The van der Waals surface area contributed by atoms with E-state index in [0.717, 1.165) is 16.7 Å². The monoisotopic (exact) mass is 333 g/mol. The van der Waals surface area contributed by atoms with Gasteiger partial charge in [-0.05, 0) is 35.4 Å². The highest BCUT2D eigenvalue weighted by Crippen LogP contribution is 2.29. The summed E-state index contributed by atoms with van der Waals surface area (Å²) < 4.78 is 5.20. The molecular formula is C20H19N3O2. The predicted molar refractivity (Wildman–Crippen MR) is 101 cm³/mol. The van der Waals surface area contributed by atoms with Crippen molar-refractivity contribution in [1.82, 2.24) is 0 Å². The standard InChI is InChI=1S/C20H19N3O2/c21-16-8-4-7-15(11-16)18-10-9-17(12-19(18)22)23-20(24)25-13-14-5-2-1-3-6-14/h1-12H,13,21-22H2,(H,23,24). The summed E-state index contributed by atoms with van der Waals surface area (Å²) in [7, 11) is 0. The van der Waals surface area contributed by atoms with Gasteiger partial charge in [-0.2, -0.15) is 0 Å². The molecule has 0 saturated heterocycles. The van der Waals surface area contributed by atoms with Gasteiger partial charge in [-0.15, -0.1) is 0 Å². The van der Waals surface area contributed by atoms with Crippen molar-refractivity contribution in [3.8, 4) is 11.1 Å². The van der Waals surface area contributed by atoms with Gasteiger partial charge >= 0.3 is 6.09 Å². The Kier molecular flexibility index (Phi) is 4.85. The van der Waals surface area contributed by atoms with Crippen molar-refractivity contribution in [2.45, 2.75) is 6.61 Å². The molecule has 126 valence electrons. The lowest BCUT2D eigenvalue weighted by Gasteiger charge is -2.11. The van der Waals surface area contributed by atoms with Gasteiger partial charge in [0.2, 0.25) is 0 Å². The van der Waals surface area contributed by atoms with E-state index in [1.807, 2.05) is 60.7 Å². The zero-order valence-electron chi connectivity index (χ0n) is 13.6. The molecule has 3 aromatic rings. The van der Waals surface area contributed by atoms with E-state index in [4.69, 9.17) is 16.2 Å². The zero-order chi connectivity index (χ0) is 17.6. The van der Waals surface area contributed by atoms with Crippen molar-refractivity contribution in [2.24, 2.45) is 0 Å². The van der Waals surface area contributed by atoms with Gasteiger partial charge in [0.15, 0.2) is 0 Å². The second-order valence-corrected chi connectivity index (χ2v) is 5.61.